The Hall–Kier alpha value is -0.240. The monoisotopic (exact) mass is 158 g/mol. The molecule has 0 rings (SSSR count). The van der Waals surface area contributed by atoms with Gasteiger partial charge in [0, 0.05) is 0 Å². The molecule has 0 aromatic rings. The third-order valence-corrected chi connectivity index (χ3v) is 2.57. The average Bonchev–Trinajstić information content (AvgIpc) is 1.88. The lowest BCUT2D eigenvalue weighted by molar-refractivity contribution is -0.116. The molecule has 10 heavy (non-hydrogen) atoms. The van der Waals surface area contributed by atoms with E-state index < -0.39 is 0 Å². The highest BCUT2D eigenvalue weighted by Gasteiger charge is 2.05. The number of carbonyl (C=O) groups excluding carboxylic acids is 1. The van der Waals surface area contributed by atoms with Crippen LogP contribution in [0.15, 0.2) is 12.7 Å². The zero-order chi connectivity index (χ0) is 7.98. The molecule has 0 saturated carbocycles. The molecule has 1 unspecified atom stereocenters. The Kier molecular flexibility index (Phi) is 5.40. The van der Waals surface area contributed by atoms with E-state index in [2.05, 4.69) is 6.58 Å². The normalized spacial score (nSPS) is 12.6. The van der Waals surface area contributed by atoms with Crippen LogP contribution in [-0.2, 0) is 4.79 Å². The van der Waals surface area contributed by atoms with E-state index in [-0.39, 0.29) is 11.0 Å². The molecule has 0 radical (unpaired) electrons. The fourth-order valence-corrected chi connectivity index (χ4v) is 1.34. The van der Waals surface area contributed by atoms with Gasteiger partial charge < -0.3 is 0 Å². The van der Waals surface area contributed by atoms with Gasteiger partial charge in [0.2, 0.25) is 0 Å². The van der Waals surface area contributed by atoms with Crippen LogP contribution in [0.4, 0.5) is 0 Å². The summed E-state index contributed by atoms with van der Waals surface area (Å²) in [5.74, 6) is 1.26. The number of ketones is 1. The van der Waals surface area contributed by atoms with Crippen molar-refractivity contribution in [1.82, 2.24) is 0 Å². The van der Waals surface area contributed by atoms with Crippen LogP contribution in [0.1, 0.15) is 20.3 Å². The van der Waals surface area contributed by atoms with Gasteiger partial charge in [-0.05, 0) is 26.0 Å². The van der Waals surface area contributed by atoms with Gasteiger partial charge in [0.15, 0.2) is 0 Å². The lowest BCUT2D eigenvalue weighted by Gasteiger charge is -2.04. The first kappa shape index (κ1) is 9.76. The highest BCUT2D eigenvalue weighted by Crippen LogP contribution is 2.11. The Morgan fingerprint density at radius 3 is 2.80 bits per heavy atom. The maximum atomic E-state index is 10.7. The third kappa shape index (κ3) is 4.62. The highest BCUT2D eigenvalue weighted by atomic mass is 32.2. The van der Waals surface area contributed by atoms with Crippen LogP contribution in [0.25, 0.3) is 0 Å². The predicted molar refractivity (Wildman–Crippen MR) is 47.4 cm³/mol. The lowest BCUT2D eigenvalue weighted by Crippen LogP contribution is -2.08. The number of hydrogen-bond acceptors (Lipinski definition) is 2. The minimum Gasteiger partial charge on any atom is -0.299 e. The van der Waals surface area contributed by atoms with Crippen LogP contribution in [0.2, 0.25) is 0 Å². The molecule has 0 fully saturated rings. The van der Waals surface area contributed by atoms with Crippen molar-refractivity contribution in [3.05, 3.63) is 12.7 Å². The van der Waals surface area contributed by atoms with E-state index in [1.54, 1.807) is 18.7 Å². The largest absolute Gasteiger partial charge is 0.299 e. The van der Waals surface area contributed by atoms with E-state index in [0.717, 1.165) is 12.2 Å². The van der Waals surface area contributed by atoms with Crippen molar-refractivity contribution in [3.8, 4) is 0 Å². The lowest BCUT2D eigenvalue weighted by atomic mass is 10.3. The molecule has 0 aromatic heterocycles. The summed E-state index contributed by atoms with van der Waals surface area (Å²) in [5, 5.41) is 0.153. The van der Waals surface area contributed by atoms with Crippen molar-refractivity contribution in [2.24, 2.45) is 0 Å². The SMILES string of the molecule is C=CCCSC(C)C(C)=O. The molecule has 1 atom stereocenters. The number of allylic oxidation sites excluding steroid dienone is 1. The Morgan fingerprint density at radius 1 is 1.80 bits per heavy atom. The van der Waals surface area contributed by atoms with E-state index in [1.165, 1.54) is 0 Å². The minimum atomic E-state index is 0.153. The van der Waals surface area contributed by atoms with Crippen molar-refractivity contribution < 1.29 is 4.79 Å². The van der Waals surface area contributed by atoms with Crippen LogP contribution >= 0.6 is 11.8 Å². The Morgan fingerprint density at radius 2 is 2.40 bits per heavy atom. The minimum absolute atomic E-state index is 0.153. The molecule has 0 amide bonds. The molecular weight excluding hydrogens is 144 g/mol. The average molecular weight is 158 g/mol. The van der Waals surface area contributed by atoms with Crippen molar-refractivity contribution in [1.29, 1.82) is 0 Å². The van der Waals surface area contributed by atoms with Gasteiger partial charge in [-0.25, -0.2) is 0 Å². The first-order valence-corrected chi connectivity index (χ1v) is 4.46. The van der Waals surface area contributed by atoms with Crippen LogP contribution in [0.5, 0.6) is 0 Å². The van der Waals surface area contributed by atoms with Crippen LogP contribution in [-0.4, -0.2) is 16.8 Å². The molecular formula is C8H14OS. The van der Waals surface area contributed by atoms with Gasteiger partial charge in [-0.3, -0.25) is 4.79 Å². The van der Waals surface area contributed by atoms with E-state index in [9.17, 15) is 4.79 Å². The quantitative estimate of drug-likeness (QED) is 0.451. The van der Waals surface area contributed by atoms with Gasteiger partial charge in [0.05, 0.1) is 5.25 Å². The van der Waals surface area contributed by atoms with E-state index in [1.807, 2.05) is 13.0 Å². The summed E-state index contributed by atoms with van der Waals surface area (Å²) in [6.07, 6.45) is 2.86. The summed E-state index contributed by atoms with van der Waals surface area (Å²) in [7, 11) is 0. The van der Waals surface area contributed by atoms with E-state index >= 15 is 0 Å². The fourth-order valence-electron chi connectivity index (χ4n) is 0.446. The molecule has 0 aromatic carbocycles. The van der Waals surface area contributed by atoms with Crippen LogP contribution < -0.4 is 0 Å². The summed E-state index contributed by atoms with van der Waals surface area (Å²) >= 11 is 1.69. The topological polar surface area (TPSA) is 17.1 Å². The van der Waals surface area contributed by atoms with E-state index in [4.69, 9.17) is 0 Å². The maximum Gasteiger partial charge on any atom is 0.142 e. The summed E-state index contributed by atoms with van der Waals surface area (Å²) in [6, 6.07) is 0. The smallest absolute Gasteiger partial charge is 0.142 e. The number of rotatable bonds is 5. The maximum absolute atomic E-state index is 10.7. The molecule has 0 bridgehead atoms. The second-order valence-corrected chi connectivity index (χ2v) is 3.65. The summed E-state index contributed by atoms with van der Waals surface area (Å²) in [5.41, 5.74) is 0. The van der Waals surface area contributed by atoms with Gasteiger partial charge in [0.25, 0.3) is 0 Å². The van der Waals surface area contributed by atoms with Crippen molar-refractivity contribution >= 4 is 17.5 Å². The Balaban J connectivity index is 3.30. The van der Waals surface area contributed by atoms with E-state index in [0.29, 0.717) is 0 Å². The number of carbonyl (C=O) groups is 1. The molecule has 1 nitrogen and oxygen atoms in total. The number of hydrogen-bond donors (Lipinski definition) is 0. The third-order valence-electron chi connectivity index (χ3n) is 1.26. The first-order chi connectivity index (χ1) is 4.68. The molecule has 0 N–H and O–H groups in total. The summed E-state index contributed by atoms with van der Waals surface area (Å²) in [6.45, 7) is 7.18. The van der Waals surface area contributed by atoms with Crippen molar-refractivity contribution in [3.63, 3.8) is 0 Å². The van der Waals surface area contributed by atoms with Gasteiger partial charge in [-0.2, -0.15) is 11.8 Å². The van der Waals surface area contributed by atoms with Crippen LogP contribution in [0.3, 0.4) is 0 Å². The number of thioether (sulfide) groups is 1. The van der Waals surface area contributed by atoms with Gasteiger partial charge >= 0.3 is 0 Å². The van der Waals surface area contributed by atoms with Gasteiger partial charge in [-0.15, -0.1) is 6.58 Å². The zero-order valence-corrected chi connectivity index (χ0v) is 7.41. The Bertz CT molecular complexity index is 120. The molecule has 0 spiro atoms. The molecule has 2 heteroatoms. The van der Waals surface area contributed by atoms with Crippen molar-refractivity contribution in [2.45, 2.75) is 25.5 Å². The second-order valence-electron chi connectivity index (χ2n) is 2.20. The Labute approximate surface area is 66.9 Å². The fraction of sp³-hybridized carbons (Fsp3) is 0.625. The highest BCUT2D eigenvalue weighted by molar-refractivity contribution is 8.00. The molecule has 0 aliphatic heterocycles. The summed E-state index contributed by atoms with van der Waals surface area (Å²) in [4.78, 5) is 10.7. The van der Waals surface area contributed by atoms with Gasteiger partial charge in [-0.1, -0.05) is 6.08 Å². The summed E-state index contributed by atoms with van der Waals surface area (Å²) < 4.78 is 0. The zero-order valence-electron chi connectivity index (χ0n) is 6.59. The number of Topliss-reactive ketones (excluding diaryl/α,β-unsaturated/α-hetero) is 1. The molecule has 0 saturated heterocycles. The molecule has 0 aliphatic carbocycles. The molecule has 0 aliphatic rings. The van der Waals surface area contributed by atoms with Crippen molar-refractivity contribution in [2.75, 3.05) is 5.75 Å². The van der Waals surface area contributed by atoms with Crippen LogP contribution in [0, 0.1) is 0 Å². The second kappa shape index (κ2) is 5.54. The van der Waals surface area contributed by atoms with Gasteiger partial charge in [0.1, 0.15) is 5.78 Å². The standard InChI is InChI=1S/C8H14OS/c1-4-5-6-10-8(3)7(2)9/h4,8H,1,5-6H2,2-3H3. The molecule has 0 heterocycles. The molecule has 58 valence electrons. The predicted octanol–water partition coefficient (Wildman–Crippen LogP) is 2.27. The first-order valence-electron chi connectivity index (χ1n) is 3.41.